The minimum atomic E-state index is -0.467. The number of hydrogen-bond acceptors (Lipinski definition) is 5. The first kappa shape index (κ1) is 17.5. The number of aromatic nitrogens is 1. The summed E-state index contributed by atoms with van der Waals surface area (Å²) in [6.45, 7) is 9.42. The normalized spacial score (nSPS) is 19.7. The molecule has 22 heavy (non-hydrogen) atoms. The van der Waals surface area contributed by atoms with Crippen LogP contribution >= 0.6 is 11.6 Å². The largest absolute Gasteiger partial charge is 0.496 e. The second kappa shape index (κ2) is 6.36. The maximum Gasteiger partial charge on any atom is 0.496 e. The Balaban J connectivity index is 2.13. The molecular formula is C15H24BClN2O3. The summed E-state index contributed by atoms with van der Waals surface area (Å²) in [5, 5.41) is 0.346. The third kappa shape index (κ3) is 3.74. The molecule has 0 spiro atoms. The molecule has 0 aliphatic carbocycles. The lowest BCUT2D eigenvalue weighted by molar-refractivity contribution is 0.00578. The van der Waals surface area contributed by atoms with E-state index >= 15 is 0 Å². The van der Waals surface area contributed by atoms with Crippen LogP contribution in [0, 0.1) is 0 Å². The molecule has 1 aromatic heterocycles. The molecule has 2 rings (SSSR count). The standard InChI is InChI=1S/C15H24BClN2O3/c1-14(2)15(3,4)22-16(21-14)11-9-12(13(17)18-10-11)20-8-7-19(5)6/h9-10H,7-8H2,1-6H3. The molecule has 1 aliphatic rings. The Morgan fingerprint density at radius 1 is 1.23 bits per heavy atom. The molecule has 0 amide bonds. The molecule has 0 aromatic carbocycles. The van der Waals surface area contributed by atoms with Gasteiger partial charge in [-0.2, -0.15) is 0 Å². The molecule has 5 nitrogen and oxygen atoms in total. The van der Waals surface area contributed by atoms with Crippen molar-refractivity contribution in [1.82, 2.24) is 9.88 Å². The topological polar surface area (TPSA) is 43.8 Å². The molecule has 0 N–H and O–H groups in total. The number of ether oxygens (including phenoxy) is 1. The van der Waals surface area contributed by atoms with Gasteiger partial charge in [-0.15, -0.1) is 0 Å². The van der Waals surface area contributed by atoms with Crippen molar-refractivity contribution in [2.45, 2.75) is 38.9 Å². The van der Waals surface area contributed by atoms with Gasteiger partial charge in [0, 0.05) is 18.2 Å². The van der Waals surface area contributed by atoms with Crippen LogP contribution in [0.15, 0.2) is 12.3 Å². The molecule has 0 bridgehead atoms. The van der Waals surface area contributed by atoms with Crippen molar-refractivity contribution in [1.29, 1.82) is 0 Å². The van der Waals surface area contributed by atoms with Crippen LogP contribution in [-0.4, -0.2) is 55.5 Å². The molecule has 1 fully saturated rings. The highest BCUT2D eigenvalue weighted by atomic mass is 35.5. The average molecular weight is 327 g/mol. The van der Waals surface area contributed by atoms with Crippen molar-refractivity contribution in [2.75, 3.05) is 27.2 Å². The van der Waals surface area contributed by atoms with Crippen LogP contribution in [0.2, 0.25) is 5.15 Å². The first-order valence-corrected chi connectivity index (χ1v) is 7.79. The predicted molar refractivity (Wildman–Crippen MR) is 89.0 cm³/mol. The lowest BCUT2D eigenvalue weighted by atomic mass is 9.80. The van der Waals surface area contributed by atoms with E-state index in [2.05, 4.69) is 4.98 Å². The molecule has 0 saturated carbocycles. The van der Waals surface area contributed by atoms with Crippen molar-refractivity contribution in [3.63, 3.8) is 0 Å². The van der Waals surface area contributed by atoms with Crippen LogP contribution in [-0.2, 0) is 9.31 Å². The van der Waals surface area contributed by atoms with E-state index in [0.29, 0.717) is 17.5 Å². The Hall–Kier alpha value is -0.815. The Morgan fingerprint density at radius 2 is 1.82 bits per heavy atom. The first-order valence-electron chi connectivity index (χ1n) is 7.41. The van der Waals surface area contributed by atoms with Crippen molar-refractivity contribution in [3.8, 4) is 5.75 Å². The smallest absolute Gasteiger partial charge is 0.489 e. The fraction of sp³-hybridized carbons (Fsp3) is 0.667. The van der Waals surface area contributed by atoms with Crippen LogP contribution in [0.3, 0.4) is 0 Å². The minimum Gasteiger partial charge on any atom is -0.489 e. The lowest BCUT2D eigenvalue weighted by Crippen LogP contribution is -2.41. The zero-order chi connectivity index (χ0) is 16.5. The molecule has 0 atom stereocenters. The number of hydrogen-bond donors (Lipinski definition) is 0. The van der Waals surface area contributed by atoms with E-state index < -0.39 is 7.12 Å². The van der Waals surface area contributed by atoms with Gasteiger partial charge >= 0.3 is 7.12 Å². The molecule has 2 heterocycles. The average Bonchev–Trinajstić information content (AvgIpc) is 2.60. The van der Waals surface area contributed by atoms with Gasteiger partial charge < -0.3 is 18.9 Å². The van der Waals surface area contributed by atoms with Crippen LogP contribution in [0.5, 0.6) is 5.75 Å². The lowest BCUT2D eigenvalue weighted by Gasteiger charge is -2.32. The molecular weight excluding hydrogens is 302 g/mol. The van der Waals surface area contributed by atoms with Gasteiger partial charge in [-0.05, 0) is 47.9 Å². The Morgan fingerprint density at radius 3 is 2.36 bits per heavy atom. The summed E-state index contributed by atoms with van der Waals surface area (Å²) in [5.74, 6) is 0.552. The molecule has 1 aliphatic heterocycles. The summed E-state index contributed by atoms with van der Waals surface area (Å²) < 4.78 is 17.7. The summed E-state index contributed by atoms with van der Waals surface area (Å²) in [6.07, 6.45) is 1.67. The highest BCUT2D eigenvalue weighted by Gasteiger charge is 2.51. The van der Waals surface area contributed by atoms with Gasteiger partial charge in [0.15, 0.2) is 10.9 Å². The van der Waals surface area contributed by atoms with Gasteiger partial charge in [0.1, 0.15) is 6.61 Å². The van der Waals surface area contributed by atoms with E-state index in [4.69, 9.17) is 25.6 Å². The molecule has 1 saturated heterocycles. The monoisotopic (exact) mass is 326 g/mol. The van der Waals surface area contributed by atoms with Crippen LogP contribution in [0.25, 0.3) is 0 Å². The maximum absolute atomic E-state index is 6.10. The third-order valence-electron chi connectivity index (χ3n) is 4.15. The van der Waals surface area contributed by atoms with Crippen LogP contribution < -0.4 is 10.2 Å². The van der Waals surface area contributed by atoms with Crippen LogP contribution in [0.4, 0.5) is 0 Å². The SMILES string of the molecule is CN(C)CCOc1cc(B2OC(C)(C)C(C)(C)O2)cnc1Cl. The van der Waals surface area contributed by atoms with Crippen molar-refractivity contribution in [2.24, 2.45) is 0 Å². The van der Waals surface area contributed by atoms with Gasteiger partial charge in [0.2, 0.25) is 0 Å². The predicted octanol–water partition coefficient (Wildman–Crippen LogP) is 1.97. The van der Waals surface area contributed by atoms with Gasteiger partial charge in [-0.25, -0.2) is 4.98 Å². The van der Waals surface area contributed by atoms with Gasteiger partial charge in [-0.3, -0.25) is 0 Å². The number of rotatable bonds is 5. The third-order valence-corrected chi connectivity index (χ3v) is 4.43. The fourth-order valence-corrected chi connectivity index (χ4v) is 2.15. The highest BCUT2D eigenvalue weighted by Crippen LogP contribution is 2.36. The second-order valence-electron chi connectivity index (χ2n) is 6.80. The summed E-state index contributed by atoms with van der Waals surface area (Å²) in [6, 6.07) is 1.84. The van der Waals surface area contributed by atoms with E-state index in [1.807, 2.05) is 52.8 Å². The summed E-state index contributed by atoms with van der Waals surface area (Å²) in [5.41, 5.74) is 0.0369. The Kier molecular flexibility index (Phi) is 5.07. The number of nitrogens with zero attached hydrogens (tertiary/aromatic N) is 2. The zero-order valence-corrected chi connectivity index (χ0v) is 14.9. The number of pyridine rings is 1. The second-order valence-corrected chi connectivity index (χ2v) is 7.16. The number of likely N-dealkylation sites (N-methyl/N-ethyl adjacent to an activating group) is 1. The molecule has 0 unspecified atom stereocenters. The Labute approximate surface area is 138 Å². The summed E-state index contributed by atoms with van der Waals surface area (Å²) in [4.78, 5) is 6.22. The van der Waals surface area contributed by atoms with E-state index in [1.165, 1.54) is 0 Å². The zero-order valence-electron chi connectivity index (χ0n) is 14.1. The minimum absolute atomic E-state index is 0.346. The summed E-state index contributed by atoms with van der Waals surface area (Å²) in [7, 11) is 3.51. The van der Waals surface area contributed by atoms with Crippen LogP contribution in [0.1, 0.15) is 27.7 Å². The highest BCUT2D eigenvalue weighted by molar-refractivity contribution is 6.62. The van der Waals surface area contributed by atoms with Gasteiger partial charge in [0.25, 0.3) is 0 Å². The molecule has 7 heteroatoms. The Bertz CT molecular complexity index is 522. The van der Waals surface area contributed by atoms with Crippen molar-refractivity contribution in [3.05, 3.63) is 17.4 Å². The first-order chi connectivity index (χ1) is 10.1. The molecule has 122 valence electrons. The van der Waals surface area contributed by atoms with E-state index in [1.54, 1.807) is 6.20 Å². The maximum atomic E-state index is 6.10. The molecule has 0 radical (unpaired) electrons. The fourth-order valence-electron chi connectivity index (χ4n) is 1.99. The summed E-state index contributed by atoms with van der Waals surface area (Å²) >= 11 is 6.10. The van der Waals surface area contributed by atoms with Crippen molar-refractivity contribution >= 4 is 24.2 Å². The van der Waals surface area contributed by atoms with E-state index in [0.717, 1.165) is 12.0 Å². The molecule has 1 aromatic rings. The van der Waals surface area contributed by atoms with Crippen molar-refractivity contribution < 1.29 is 14.0 Å². The van der Waals surface area contributed by atoms with Gasteiger partial charge in [0.05, 0.1) is 11.2 Å². The van der Waals surface area contributed by atoms with Gasteiger partial charge in [-0.1, -0.05) is 11.6 Å². The number of halogens is 1. The van der Waals surface area contributed by atoms with E-state index in [9.17, 15) is 0 Å². The van der Waals surface area contributed by atoms with E-state index in [-0.39, 0.29) is 11.2 Å². The quantitative estimate of drug-likeness (QED) is 0.611.